The van der Waals surface area contributed by atoms with Gasteiger partial charge in [0.25, 0.3) is 10.0 Å². The van der Waals surface area contributed by atoms with Crippen LogP contribution < -0.4 is 10.0 Å². The third kappa shape index (κ3) is 4.69. The molecule has 30 heavy (non-hydrogen) atoms. The number of rotatable bonds is 4. The molecule has 0 unspecified atom stereocenters. The summed E-state index contributed by atoms with van der Waals surface area (Å²) in [6.07, 6.45) is 1.67. The molecule has 0 fully saturated rings. The Morgan fingerprint density at radius 3 is 2.27 bits per heavy atom. The lowest BCUT2D eigenvalue weighted by Gasteiger charge is -2.30. The summed E-state index contributed by atoms with van der Waals surface area (Å²) in [6, 6.07) is 16.5. The van der Waals surface area contributed by atoms with E-state index in [1.165, 1.54) is 39.9 Å². The number of hydrogen-bond donors (Lipinski definition) is 2. The van der Waals surface area contributed by atoms with E-state index >= 15 is 0 Å². The SMILES string of the molecule is NC(=O)c1ccc(S(=O)(=O)N2CCCc3ccccc32)cc1.O=C(O)c1cccs1. The molecule has 7 nitrogen and oxygen atoms in total. The van der Waals surface area contributed by atoms with Crippen LogP contribution in [0, 0.1) is 0 Å². The Bertz CT molecular complexity index is 1140. The number of thiophene rings is 1. The van der Waals surface area contributed by atoms with Gasteiger partial charge in [-0.05, 0) is 60.2 Å². The van der Waals surface area contributed by atoms with E-state index in [4.69, 9.17) is 10.8 Å². The number of benzene rings is 2. The van der Waals surface area contributed by atoms with Gasteiger partial charge >= 0.3 is 5.97 Å². The quantitative estimate of drug-likeness (QED) is 0.640. The van der Waals surface area contributed by atoms with Gasteiger partial charge in [-0.25, -0.2) is 13.2 Å². The number of hydrogen-bond acceptors (Lipinski definition) is 5. The van der Waals surface area contributed by atoms with Crippen molar-refractivity contribution in [1.29, 1.82) is 0 Å². The predicted octanol–water partition coefficient (Wildman–Crippen LogP) is 3.37. The Balaban J connectivity index is 0.000000269. The monoisotopic (exact) mass is 444 g/mol. The number of carbonyl (C=O) groups excluding carboxylic acids is 1. The Morgan fingerprint density at radius 2 is 1.70 bits per heavy atom. The van der Waals surface area contributed by atoms with E-state index in [0.29, 0.717) is 11.4 Å². The van der Waals surface area contributed by atoms with Crippen molar-refractivity contribution in [3.63, 3.8) is 0 Å². The topological polar surface area (TPSA) is 118 Å². The Labute approximate surface area is 178 Å². The van der Waals surface area contributed by atoms with E-state index in [-0.39, 0.29) is 10.5 Å². The number of carboxylic acid groups (broad SMARTS) is 1. The number of fused-ring (bicyclic) bond motifs is 1. The molecule has 3 N–H and O–H groups in total. The molecule has 9 heteroatoms. The average molecular weight is 445 g/mol. The van der Waals surface area contributed by atoms with Crippen molar-refractivity contribution in [3.05, 3.63) is 82.0 Å². The molecule has 2 heterocycles. The van der Waals surface area contributed by atoms with Gasteiger partial charge in [0, 0.05) is 12.1 Å². The minimum absolute atomic E-state index is 0.161. The summed E-state index contributed by atoms with van der Waals surface area (Å²) >= 11 is 1.23. The van der Waals surface area contributed by atoms with Crippen molar-refractivity contribution in [3.8, 4) is 0 Å². The molecule has 1 aliphatic heterocycles. The maximum Gasteiger partial charge on any atom is 0.345 e. The van der Waals surface area contributed by atoms with Crippen LogP contribution in [-0.4, -0.2) is 31.9 Å². The standard InChI is InChI=1S/C16H16N2O3S.C5H4O2S/c17-16(19)13-7-9-14(10-8-13)22(20,21)18-11-3-5-12-4-1-2-6-15(12)18;6-5(7)4-2-1-3-8-4/h1-2,4,6-10H,3,5,11H2,(H2,17,19);1-3H,(H,6,7). The molecule has 0 bridgehead atoms. The van der Waals surface area contributed by atoms with E-state index < -0.39 is 21.9 Å². The number of para-hydroxylation sites is 1. The number of sulfonamides is 1. The molecule has 1 amide bonds. The number of anilines is 1. The summed E-state index contributed by atoms with van der Waals surface area (Å²) in [7, 11) is -3.64. The van der Waals surface area contributed by atoms with E-state index in [9.17, 15) is 18.0 Å². The molecular weight excluding hydrogens is 424 g/mol. The smallest absolute Gasteiger partial charge is 0.345 e. The van der Waals surface area contributed by atoms with Crippen molar-refractivity contribution in [2.75, 3.05) is 10.8 Å². The third-order valence-electron chi connectivity index (χ3n) is 4.53. The normalized spacial score (nSPS) is 13.0. The van der Waals surface area contributed by atoms with Gasteiger partial charge in [-0.2, -0.15) is 0 Å². The molecular formula is C21H20N2O5S2. The minimum Gasteiger partial charge on any atom is -0.477 e. The van der Waals surface area contributed by atoms with Crippen LogP contribution in [0.2, 0.25) is 0 Å². The summed E-state index contributed by atoms with van der Waals surface area (Å²) in [6.45, 7) is 0.455. The van der Waals surface area contributed by atoms with Gasteiger partial charge in [0.05, 0.1) is 10.6 Å². The van der Waals surface area contributed by atoms with E-state index in [2.05, 4.69) is 0 Å². The lowest BCUT2D eigenvalue weighted by atomic mass is 10.0. The van der Waals surface area contributed by atoms with Crippen LogP contribution >= 0.6 is 11.3 Å². The lowest BCUT2D eigenvalue weighted by Crippen LogP contribution is -2.35. The summed E-state index contributed by atoms with van der Waals surface area (Å²) in [4.78, 5) is 21.7. The van der Waals surface area contributed by atoms with Gasteiger partial charge in [0.2, 0.25) is 5.91 Å². The Kier molecular flexibility index (Phi) is 6.53. The van der Waals surface area contributed by atoms with Gasteiger partial charge < -0.3 is 10.8 Å². The second-order valence-electron chi connectivity index (χ2n) is 6.48. The number of nitrogens with zero attached hydrogens (tertiary/aromatic N) is 1. The van der Waals surface area contributed by atoms with Crippen LogP contribution in [0.3, 0.4) is 0 Å². The zero-order chi connectivity index (χ0) is 21.7. The predicted molar refractivity (Wildman–Crippen MR) is 116 cm³/mol. The van der Waals surface area contributed by atoms with E-state index in [0.717, 1.165) is 24.1 Å². The largest absolute Gasteiger partial charge is 0.477 e. The molecule has 0 aliphatic carbocycles. The Hall–Kier alpha value is -3.17. The van der Waals surface area contributed by atoms with Crippen LogP contribution in [-0.2, 0) is 16.4 Å². The number of nitrogens with two attached hydrogens (primary N) is 1. The van der Waals surface area contributed by atoms with Crippen LogP contribution in [0.5, 0.6) is 0 Å². The molecule has 3 aromatic rings. The summed E-state index contributed by atoms with van der Waals surface area (Å²) in [5.74, 6) is -1.42. The molecule has 0 spiro atoms. The van der Waals surface area contributed by atoms with Crippen molar-refractivity contribution in [2.45, 2.75) is 17.7 Å². The van der Waals surface area contributed by atoms with Crippen LogP contribution in [0.15, 0.2) is 70.9 Å². The van der Waals surface area contributed by atoms with Crippen molar-refractivity contribution in [2.24, 2.45) is 5.73 Å². The molecule has 0 saturated carbocycles. The molecule has 4 rings (SSSR count). The van der Waals surface area contributed by atoms with E-state index in [1.807, 2.05) is 24.3 Å². The highest BCUT2D eigenvalue weighted by Gasteiger charge is 2.28. The molecule has 1 aromatic heterocycles. The first-order valence-corrected chi connectivity index (χ1v) is 11.4. The van der Waals surface area contributed by atoms with Crippen LogP contribution in [0.25, 0.3) is 0 Å². The van der Waals surface area contributed by atoms with Gasteiger partial charge in [0.15, 0.2) is 0 Å². The van der Waals surface area contributed by atoms with Crippen molar-refractivity contribution in [1.82, 2.24) is 0 Å². The highest BCUT2D eigenvalue weighted by Crippen LogP contribution is 2.31. The molecule has 0 atom stereocenters. The van der Waals surface area contributed by atoms with Gasteiger partial charge in [-0.15, -0.1) is 11.3 Å². The van der Waals surface area contributed by atoms with Crippen LogP contribution in [0.4, 0.5) is 5.69 Å². The average Bonchev–Trinajstić information content (AvgIpc) is 3.29. The fourth-order valence-electron chi connectivity index (χ4n) is 3.07. The number of primary amides is 1. The van der Waals surface area contributed by atoms with Crippen molar-refractivity contribution < 1.29 is 23.1 Å². The fourth-order valence-corrected chi connectivity index (χ4v) is 5.17. The maximum absolute atomic E-state index is 12.8. The second-order valence-corrected chi connectivity index (χ2v) is 9.29. The summed E-state index contributed by atoms with van der Waals surface area (Å²) in [5, 5.41) is 10.0. The Morgan fingerprint density at radius 1 is 1.00 bits per heavy atom. The summed E-state index contributed by atoms with van der Waals surface area (Å²) < 4.78 is 27.1. The van der Waals surface area contributed by atoms with Gasteiger partial charge in [-0.1, -0.05) is 24.3 Å². The zero-order valence-corrected chi connectivity index (χ0v) is 17.5. The first-order valence-electron chi connectivity index (χ1n) is 9.08. The zero-order valence-electron chi connectivity index (χ0n) is 15.9. The lowest BCUT2D eigenvalue weighted by molar-refractivity contribution is 0.0702. The summed E-state index contributed by atoms with van der Waals surface area (Å²) in [5.41, 5.74) is 7.23. The molecule has 0 saturated heterocycles. The fraction of sp³-hybridized carbons (Fsp3) is 0.143. The molecule has 2 aromatic carbocycles. The van der Waals surface area contributed by atoms with Crippen LogP contribution in [0.1, 0.15) is 32.0 Å². The third-order valence-corrected chi connectivity index (χ3v) is 7.21. The number of carbonyl (C=O) groups is 2. The maximum atomic E-state index is 12.8. The number of carboxylic acids is 1. The van der Waals surface area contributed by atoms with Gasteiger partial charge in [0.1, 0.15) is 4.88 Å². The second kappa shape index (κ2) is 9.10. The molecule has 1 aliphatic rings. The molecule has 156 valence electrons. The highest BCUT2D eigenvalue weighted by molar-refractivity contribution is 7.92. The highest BCUT2D eigenvalue weighted by atomic mass is 32.2. The number of amides is 1. The number of aryl methyl sites for hydroxylation is 1. The van der Waals surface area contributed by atoms with Crippen molar-refractivity contribution >= 4 is 38.9 Å². The van der Waals surface area contributed by atoms with E-state index in [1.54, 1.807) is 17.5 Å². The minimum atomic E-state index is -3.64. The number of aromatic carboxylic acids is 1. The first kappa shape index (κ1) is 21.5. The first-order chi connectivity index (χ1) is 14.3. The van der Waals surface area contributed by atoms with Gasteiger partial charge in [-0.3, -0.25) is 9.10 Å². The molecule has 0 radical (unpaired) electrons.